The summed E-state index contributed by atoms with van der Waals surface area (Å²) in [4.78, 5) is 12.0. The number of benzene rings is 2. The van der Waals surface area contributed by atoms with E-state index in [1.165, 1.54) is 12.1 Å². The fraction of sp³-hybridized carbons (Fsp3) is 0.0714. The summed E-state index contributed by atoms with van der Waals surface area (Å²) in [6.07, 6.45) is 0. The molecule has 20 heavy (non-hydrogen) atoms. The Morgan fingerprint density at radius 3 is 2.65 bits per heavy atom. The zero-order chi connectivity index (χ0) is 14.7. The van der Waals surface area contributed by atoms with Crippen molar-refractivity contribution in [2.24, 2.45) is 0 Å². The number of anilines is 1. The second kappa shape index (κ2) is 6.48. The lowest BCUT2D eigenvalue weighted by Gasteiger charge is -2.09. The fourth-order valence-corrected chi connectivity index (χ4v) is 2.48. The van der Waals surface area contributed by atoms with Crippen LogP contribution in [0.1, 0.15) is 15.9 Å². The number of ether oxygens (including phenoxy) is 1. The molecule has 6 heteroatoms. The standard InChI is InChI=1S/C14H10BrCl2NO2/c15-11-4-2-1-3-8(11)7-20-14(19)10-5-9(16)6-12(17)13(10)18/h1-6H,7,18H2. The van der Waals surface area contributed by atoms with Gasteiger partial charge in [-0.05, 0) is 18.2 Å². The molecule has 2 aromatic carbocycles. The van der Waals surface area contributed by atoms with Crippen LogP contribution in [0.15, 0.2) is 40.9 Å². The number of halogens is 3. The van der Waals surface area contributed by atoms with Gasteiger partial charge >= 0.3 is 5.97 Å². The van der Waals surface area contributed by atoms with Gasteiger partial charge in [-0.15, -0.1) is 0 Å². The van der Waals surface area contributed by atoms with Crippen molar-refractivity contribution in [1.29, 1.82) is 0 Å². The number of hydrogen-bond acceptors (Lipinski definition) is 3. The van der Waals surface area contributed by atoms with E-state index < -0.39 is 5.97 Å². The van der Waals surface area contributed by atoms with Gasteiger partial charge in [0.1, 0.15) is 6.61 Å². The van der Waals surface area contributed by atoms with Gasteiger partial charge in [-0.3, -0.25) is 0 Å². The van der Waals surface area contributed by atoms with Crippen molar-refractivity contribution >= 4 is 50.8 Å². The maximum Gasteiger partial charge on any atom is 0.340 e. The summed E-state index contributed by atoms with van der Waals surface area (Å²) in [7, 11) is 0. The Labute approximate surface area is 134 Å². The Balaban J connectivity index is 2.15. The van der Waals surface area contributed by atoms with E-state index in [0.717, 1.165) is 10.0 Å². The first-order valence-electron chi connectivity index (χ1n) is 5.64. The van der Waals surface area contributed by atoms with E-state index in [1.807, 2.05) is 24.3 Å². The molecule has 0 amide bonds. The predicted molar refractivity (Wildman–Crippen MR) is 84.1 cm³/mol. The molecule has 0 aromatic heterocycles. The van der Waals surface area contributed by atoms with Gasteiger partial charge in [0.05, 0.1) is 16.3 Å². The number of hydrogen-bond donors (Lipinski definition) is 1. The SMILES string of the molecule is Nc1c(Cl)cc(Cl)cc1C(=O)OCc1ccccc1Br. The van der Waals surface area contributed by atoms with E-state index in [0.29, 0.717) is 5.02 Å². The summed E-state index contributed by atoms with van der Waals surface area (Å²) in [6.45, 7) is 0.129. The highest BCUT2D eigenvalue weighted by atomic mass is 79.9. The van der Waals surface area contributed by atoms with E-state index in [4.69, 9.17) is 33.7 Å². The van der Waals surface area contributed by atoms with Crippen LogP contribution in [0.4, 0.5) is 5.69 Å². The van der Waals surface area contributed by atoms with E-state index in [2.05, 4.69) is 15.9 Å². The second-order valence-corrected chi connectivity index (χ2v) is 5.71. The van der Waals surface area contributed by atoms with E-state index >= 15 is 0 Å². The van der Waals surface area contributed by atoms with Gasteiger partial charge in [-0.2, -0.15) is 0 Å². The summed E-state index contributed by atoms with van der Waals surface area (Å²) in [5, 5.41) is 0.558. The third-order valence-corrected chi connectivity index (χ3v) is 3.94. The van der Waals surface area contributed by atoms with E-state index in [1.54, 1.807) is 0 Å². The number of rotatable bonds is 3. The van der Waals surface area contributed by atoms with Gasteiger partial charge in [0, 0.05) is 15.1 Å². The molecule has 0 heterocycles. The zero-order valence-corrected chi connectivity index (χ0v) is 13.3. The molecule has 0 bridgehead atoms. The third kappa shape index (κ3) is 3.45. The molecule has 2 rings (SSSR count). The quantitative estimate of drug-likeness (QED) is 0.626. The lowest BCUT2D eigenvalue weighted by Crippen LogP contribution is -2.09. The number of carbonyl (C=O) groups excluding carboxylic acids is 1. The topological polar surface area (TPSA) is 52.3 Å². The van der Waals surface area contributed by atoms with Gasteiger partial charge in [0.15, 0.2) is 0 Å². The maximum atomic E-state index is 12.0. The van der Waals surface area contributed by atoms with Gasteiger partial charge in [0.2, 0.25) is 0 Å². The van der Waals surface area contributed by atoms with Crippen molar-refractivity contribution < 1.29 is 9.53 Å². The monoisotopic (exact) mass is 373 g/mol. The number of nitrogen functional groups attached to an aromatic ring is 1. The van der Waals surface area contributed by atoms with Crippen LogP contribution in [0.25, 0.3) is 0 Å². The molecule has 104 valence electrons. The molecule has 0 aliphatic heterocycles. The summed E-state index contributed by atoms with van der Waals surface area (Å²) in [5.41, 5.74) is 6.93. The largest absolute Gasteiger partial charge is 0.457 e. The minimum atomic E-state index is -0.567. The van der Waals surface area contributed by atoms with Crippen molar-refractivity contribution in [2.75, 3.05) is 5.73 Å². The Bertz CT molecular complexity index is 662. The highest BCUT2D eigenvalue weighted by Crippen LogP contribution is 2.28. The molecule has 0 saturated carbocycles. The first-order chi connectivity index (χ1) is 9.49. The third-order valence-electron chi connectivity index (χ3n) is 2.63. The molecule has 0 aliphatic rings. The lowest BCUT2D eigenvalue weighted by atomic mass is 10.2. The smallest absolute Gasteiger partial charge is 0.340 e. The van der Waals surface area contributed by atoms with Crippen LogP contribution in [0, 0.1) is 0 Å². The van der Waals surface area contributed by atoms with Crippen LogP contribution in [-0.4, -0.2) is 5.97 Å². The van der Waals surface area contributed by atoms with E-state index in [9.17, 15) is 4.79 Å². The van der Waals surface area contributed by atoms with Crippen LogP contribution < -0.4 is 5.73 Å². The summed E-state index contributed by atoms with van der Waals surface area (Å²) >= 11 is 15.1. The van der Waals surface area contributed by atoms with Crippen LogP contribution in [-0.2, 0) is 11.3 Å². The van der Waals surface area contributed by atoms with Crippen LogP contribution >= 0.6 is 39.1 Å². The maximum absolute atomic E-state index is 12.0. The van der Waals surface area contributed by atoms with Crippen LogP contribution in [0.2, 0.25) is 10.0 Å². The number of nitrogens with two attached hydrogens (primary N) is 1. The minimum absolute atomic E-state index is 0.129. The minimum Gasteiger partial charge on any atom is -0.457 e. The zero-order valence-electron chi connectivity index (χ0n) is 10.2. The normalized spacial score (nSPS) is 10.3. The van der Waals surface area contributed by atoms with Crippen LogP contribution in [0.3, 0.4) is 0 Å². The molecule has 0 saturated heterocycles. The summed E-state index contributed by atoms with van der Waals surface area (Å²) in [5.74, 6) is -0.567. The molecular formula is C14H10BrCl2NO2. The molecule has 0 atom stereocenters. The van der Waals surface area contributed by atoms with Gasteiger partial charge < -0.3 is 10.5 Å². The lowest BCUT2D eigenvalue weighted by molar-refractivity contribution is 0.0473. The molecular weight excluding hydrogens is 365 g/mol. The van der Waals surface area contributed by atoms with Crippen molar-refractivity contribution in [3.05, 3.63) is 62.0 Å². The molecule has 0 radical (unpaired) electrons. The molecule has 0 spiro atoms. The molecule has 0 fully saturated rings. The molecule has 0 aliphatic carbocycles. The van der Waals surface area contributed by atoms with Crippen molar-refractivity contribution in [2.45, 2.75) is 6.61 Å². The Kier molecular flexibility index (Phi) is 4.91. The van der Waals surface area contributed by atoms with Crippen LogP contribution in [0.5, 0.6) is 0 Å². The Morgan fingerprint density at radius 2 is 1.95 bits per heavy atom. The van der Waals surface area contributed by atoms with E-state index in [-0.39, 0.29) is 22.9 Å². The Hall–Kier alpha value is -1.23. The highest BCUT2D eigenvalue weighted by molar-refractivity contribution is 9.10. The van der Waals surface area contributed by atoms with Gasteiger partial charge in [0.25, 0.3) is 0 Å². The van der Waals surface area contributed by atoms with Crippen molar-refractivity contribution in [1.82, 2.24) is 0 Å². The molecule has 0 unspecified atom stereocenters. The molecule has 2 N–H and O–H groups in total. The Morgan fingerprint density at radius 1 is 1.25 bits per heavy atom. The van der Waals surface area contributed by atoms with Gasteiger partial charge in [-0.25, -0.2) is 4.79 Å². The molecule has 2 aromatic rings. The average molecular weight is 375 g/mol. The second-order valence-electron chi connectivity index (χ2n) is 4.02. The average Bonchev–Trinajstić information content (AvgIpc) is 2.41. The van der Waals surface area contributed by atoms with Gasteiger partial charge in [-0.1, -0.05) is 57.3 Å². The summed E-state index contributed by atoms with van der Waals surface area (Å²) < 4.78 is 6.09. The van der Waals surface area contributed by atoms with Crippen molar-refractivity contribution in [3.8, 4) is 0 Å². The fourth-order valence-electron chi connectivity index (χ4n) is 1.59. The number of esters is 1. The number of carbonyl (C=O) groups is 1. The summed E-state index contributed by atoms with van der Waals surface area (Å²) in [6, 6.07) is 10.4. The first kappa shape index (κ1) is 15.2. The predicted octanol–water partition coefficient (Wildman–Crippen LogP) is 4.70. The highest BCUT2D eigenvalue weighted by Gasteiger charge is 2.15. The van der Waals surface area contributed by atoms with Crippen molar-refractivity contribution in [3.63, 3.8) is 0 Å². The molecule has 3 nitrogen and oxygen atoms in total. The first-order valence-corrected chi connectivity index (χ1v) is 7.19.